The predicted molar refractivity (Wildman–Crippen MR) is 82.9 cm³/mol. The van der Waals surface area contributed by atoms with Crippen LogP contribution in [0.25, 0.3) is 0 Å². The van der Waals surface area contributed by atoms with E-state index in [9.17, 15) is 14.4 Å². The van der Waals surface area contributed by atoms with Crippen molar-refractivity contribution in [3.8, 4) is 0 Å². The number of alkyl halides is 1. The smallest absolute Gasteiger partial charge is 0.310 e. The minimum atomic E-state index is -0.501. The molecule has 0 radical (unpaired) electrons. The molecule has 2 aliphatic carbocycles. The molecule has 2 bridgehead atoms. The highest BCUT2D eigenvalue weighted by molar-refractivity contribution is 9.09. The fourth-order valence-electron chi connectivity index (χ4n) is 4.23. The number of carbonyl (C=O) groups is 3. The maximum atomic E-state index is 12.4. The van der Waals surface area contributed by atoms with Gasteiger partial charge < -0.3 is 9.47 Å². The van der Waals surface area contributed by atoms with E-state index in [1.165, 1.54) is 0 Å². The summed E-state index contributed by atoms with van der Waals surface area (Å²) >= 11 is 3.55. The zero-order chi connectivity index (χ0) is 16.1. The third kappa shape index (κ3) is 2.23. The molecule has 120 valence electrons. The van der Waals surface area contributed by atoms with Crippen molar-refractivity contribution in [3.05, 3.63) is 35.9 Å². The summed E-state index contributed by atoms with van der Waals surface area (Å²) in [6.07, 6.45) is 0.677. The highest BCUT2D eigenvalue weighted by Crippen LogP contribution is 2.60. The summed E-state index contributed by atoms with van der Waals surface area (Å²) in [5.41, 5.74) is 0.506. The van der Waals surface area contributed by atoms with Crippen LogP contribution in [0.15, 0.2) is 30.3 Å². The zero-order valence-corrected chi connectivity index (χ0v) is 13.8. The minimum Gasteiger partial charge on any atom is -0.461 e. The number of ether oxygens (including phenoxy) is 2. The Labute approximate surface area is 141 Å². The van der Waals surface area contributed by atoms with Crippen LogP contribution in [0.1, 0.15) is 16.8 Å². The number of halogens is 1. The Morgan fingerprint density at radius 2 is 1.96 bits per heavy atom. The molecule has 1 aromatic rings. The normalized spacial score (nSPS) is 36.8. The summed E-state index contributed by atoms with van der Waals surface area (Å²) in [6.45, 7) is -0.297. The van der Waals surface area contributed by atoms with Gasteiger partial charge in [0.2, 0.25) is 0 Å². The number of fused-ring (bicyclic) bond motifs is 1. The van der Waals surface area contributed by atoms with Crippen LogP contribution in [0.3, 0.4) is 0 Å². The molecule has 0 aromatic heterocycles. The molecule has 6 heteroatoms. The molecule has 1 saturated heterocycles. The molecule has 23 heavy (non-hydrogen) atoms. The minimum absolute atomic E-state index is 0.00225. The van der Waals surface area contributed by atoms with Crippen molar-refractivity contribution < 1.29 is 23.9 Å². The van der Waals surface area contributed by atoms with Gasteiger partial charge in [0.05, 0.1) is 16.7 Å². The molecule has 6 atom stereocenters. The first-order valence-corrected chi connectivity index (χ1v) is 8.59. The van der Waals surface area contributed by atoms with Crippen LogP contribution in [0.5, 0.6) is 0 Å². The highest BCUT2D eigenvalue weighted by Gasteiger charge is 2.68. The summed E-state index contributed by atoms with van der Waals surface area (Å²) in [5.74, 6) is -1.78. The van der Waals surface area contributed by atoms with E-state index in [-0.39, 0.29) is 41.1 Å². The number of carbonyl (C=O) groups excluding carboxylic acids is 3. The highest BCUT2D eigenvalue weighted by atomic mass is 79.9. The number of rotatable bonds is 4. The molecule has 1 aliphatic heterocycles. The van der Waals surface area contributed by atoms with Crippen molar-refractivity contribution >= 4 is 33.7 Å². The molecule has 4 rings (SSSR count). The third-order valence-electron chi connectivity index (χ3n) is 5.24. The van der Waals surface area contributed by atoms with Gasteiger partial charge in [-0.1, -0.05) is 46.3 Å². The number of hydrogen-bond acceptors (Lipinski definition) is 5. The molecule has 1 heterocycles. The second kappa shape index (κ2) is 5.44. The average Bonchev–Trinajstić information content (AvgIpc) is 3.17. The Bertz CT molecular complexity index is 673. The van der Waals surface area contributed by atoms with Gasteiger partial charge in [0.15, 0.2) is 12.4 Å². The molecule has 1 aromatic carbocycles. The topological polar surface area (TPSA) is 69.7 Å². The summed E-state index contributed by atoms with van der Waals surface area (Å²) in [7, 11) is 0. The zero-order valence-electron chi connectivity index (χ0n) is 12.2. The summed E-state index contributed by atoms with van der Waals surface area (Å²) < 4.78 is 10.6. The van der Waals surface area contributed by atoms with E-state index in [2.05, 4.69) is 15.9 Å². The van der Waals surface area contributed by atoms with Gasteiger partial charge >= 0.3 is 11.9 Å². The van der Waals surface area contributed by atoms with Gasteiger partial charge in [-0.05, 0) is 12.3 Å². The Balaban J connectivity index is 1.44. The third-order valence-corrected chi connectivity index (χ3v) is 6.44. The van der Waals surface area contributed by atoms with Gasteiger partial charge in [0.1, 0.15) is 6.10 Å². The second-order valence-corrected chi connectivity index (χ2v) is 7.42. The van der Waals surface area contributed by atoms with E-state index in [1.54, 1.807) is 24.3 Å². The number of Topliss-reactive ketones (excluding diaryl/α,β-unsaturated/α-hetero) is 1. The summed E-state index contributed by atoms with van der Waals surface area (Å²) in [5, 5.41) is 0. The first-order chi connectivity index (χ1) is 11.1. The molecule has 0 spiro atoms. The summed E-state index contributed by atoms with van der Waals surface area (Å²) in [6, 6.07) is 8.70. The van der Waals surface area contributed by atoms with E-state index in [4.69, 9.17) is 9.47 Å². The van der Waals surface area contributed by atoms with E-state index < -0.39 is 17.8 Å². The number of hydrogen-bond donors (Lipinski definition) is 0. The molecular formula is C17H15BrO5. The van der Waals surface area contributed by atoms with Gasteiger partial charge in [-0.2, -0.15) is 0 Å². The predicted octanol–water partition coefficient (Wildman–Crippen LogP) is 1.98. The largest absolute Gasteiger partial charge is 0.461 e. The lowest BCUT2D eigenvalue weighted by atomic mass is 9.80. The molecule has 5 nitrogen and oxygen atoms in total. The Morgan fingerprint density at radius 3 is 2.70 bits per heavy atom. The summed E-state index contributed by atoms with van der Waals surface area (Å²) in [4.78, 5) is 36.5. The van der Waals surface area contributed by atoms with Gasteiger partial charge in [-0.15, -0.1) is 0 Å². The molecular weight excluding hydrogens is 364 g/mol. The lowest BCUT2D eigenvalue weighted by Gasteiger charge is -2.26. The van der Waals surface area contributed by atoms with Crippen LogP contribution in [0.2, 0.25) is 0 Å². The van der Waals surface area contributed by atoms with Crippen molar-refractivity contribution in [2.24, 2.45) is 23.7 Å². The van der Waals surface area contributed by atoms with Gasteiger partial charge in [-0.25, -0.2) is 0 Å². The Morgan fingerprint density at radius 1 is 1.22 bits per heavy atom. The quantitative estimate of drug-likeness (QED) is 0.455. The molecule has 0 N–H and O–H groups in total. The fraction of sp³-hybridized carbons (Fsp3) is 0.471. The number of benzene rings is 1. The van der Waals surface area contributed by atoms with Gasteiger partial charge in [0, 0.05) is 11.5 Å². The van der Waals surface area contributed by atoms with Crippen molar-refractivity contribution in [3.63, 3.8) is 0 Å². The number of esters is 2. The maximum absolute atomic E-state index is 12.4. The number of ketones is 1. The maximum Gasteiger partial charge on any atom is 0.310 e. The molecule has 3 aliphatic rings. The standard InChI is InChI=1S/C17H15BrO5/c18-14-9-6-10-13(17(21)23-15(10)14)12(9)16(20)22-7-11(19)8-4-2-1-3-5-8/h1-5,9-10,12-15H,6-7H2/t9-,10-,12+,13+,14-,15+/m1/s1. The average molecular weight is 379 g/mol. The molecule has 2 saturated carbocycles. The first-order valence-electron chi connectivity index (χ1n) is 7.67. The molecule has 0 unspecified atom stereocenters. The lowest BCUT2D eigenvalue weighted by Crippen LogP contribution is -2.39. The van der Waals surface area contributed by atoms with E-state index in [0.29, 0.717) is 5.56 Å². The van der Waals surface area contributed by atoms with Crippen molar-refractivity contribution in [1.82, 2.24) is 0 Å². The van der Waals surface area contributed by atoms with Crippen LogP contribution < -0.4 is 0 Å². The monoisotopic (exact) mass is 378 g/mol. The Kier molecular flexibility index (Phi) is 3.52. The van der Waals surface area contributed by atoms with Crippen LogP contribution >= 0.6 is 15.9 Å². The van der Waals surface area contributed by atoms with Gasteiger partial charge in [-0.3, -0.25) is 14.4 Å². The Hall–Kier alpha value is -1.69. The van der Waals surface area contributed by atoms with Gasteiger partial charge in [0.25, 0.3) is 0 Å². The van der Waals surface area contributed by atoms with Crippen LogP contribution in [0, 0.1) is 23.7 Å². The van der Waals surface area contributed by atoms with Crippen molar-refractivity contribution in [1.29, 1.82) is 0 Å². The van der Waals surface area contributed by atoms with E-state index in [0.717, 1.165) is 6.42 Å². The lowest BCUT2D eigenvalue weighted by molar-refractivity contribution is -0.154. The van der Waals surface area contributed by atoms with E-state index in [1.807, 2.05) is 6.07 Å². The SMILES string of the molecule is O=C(COC(=O)[C@H]1[C@H]2C[C@H]3[C@H](OC(=O)[C@@H]31)[C@@H]2Br)c1ccccc1. The first kappa shape index (κ1) is 14.9. The molecule has 3 fully saturated rings. The van der Waals surface area contributed by atoms with Crippen molar-refractivity contribution in [2.45, 2.75) is 17.4 Å². The van der Waals surface area contributed by atoms with Crippen LogP contribution in [-0.4, -0.2) is 35.3 Å². The fourth-order valence-corrected chi connectivity index (χ4v) is 5.28. The van der Waals surface area contributed by atoms with Crippen LogP contribution in [-0.2, 0) is 19.1 Å². The van der Waals surface area contributed by atoms with Crippen molar-refractivity contribution in [2.75, 3.05) is 6.61 Å². The van der Waals surface area contributed by atoms with Crippen LogP contribution in [0.4, 0.5) is 0 Å². The van der Waals surface area contributed by atoms with E-state index >= 15 is 0 Å². The second-order valence-electron chi connectivity index (χ2n) is 6.36. The molecule has 0 amide bonds.